The maximum atomic E-state index is 12.1. The molecular formula is C15H22N2O. The van der Waals surface area contributed by atoms with Gasteiger partial charge in [-0.15, -0.1) is 0 Å². The Morgan fingerprint density at radius 2 is 2.06 bits per heavy atom. The lowest BCUT2D eigenvalue weighted by Crippen LogP contribution is -2.33. The third-order valence-corrected chi connectivity index (χ3v) is 3.78. The van der Waals surface area contributed by atoms with Gasteiger partial charge in [0.15, 0.2) is 0 Å². The summed E-state index contributed by atoms with van der Waals surface area (Å²) in [7, 11) is 0. The summed E-state index contributed by atoms with van der Waals surface area (Å²) in [6.07, 6.45) is 1.06. The zero-order chi connectivity index (χ0) is 13.2. The Hall–Kier alpha value is -1.35. The maximum Gasteiger partial charge on any atom is 0.251 e. The molecule has 0 fully saturated rings. The highest BCUT2D eigenvalue weighted by Crippen LogP contribution is 2.19. The molecule has 2 rings (SSSR count). The fourth-order valence-electron chi connectivity index (χ4n) is 1.98. The second kappa shape index (κ2) is 5.11. The van der Waals surface area contributed by atoms with E-state index < -0.39 is 0 Å². The lowest BCUT2D eigenvalue weighted by atomic mass is 9.90. The molecule has 98 valence electrons. The van der Waals surface area contributed by atoms with Crippen LogP contribution in [0.15, 0.2) is 18.2 Å². The van der Waals surface area contributed by atoms with Gasteiger partial charge >= 0.3 is 0 Å². The van der Waals surface area contributed by atoms with Gasteiger partial charge in [-0.3, -0.25) is 4.79 Å². The van der Waals surface area contributed by atoms with E-state index in [-0.39, 0.29) is 11.3 Å². The summed E-state index contributed by atoms with van der Waals surface area (Å²) in [5, 5.41) is 6.31. The summed E-state index contributed by atoms with van der Waals surface area (Å²) in [6.45, 7) is 8.99. The normalized spacial score (nSPS) is 14.4. The van der Waals surface area contributed by atoms with Crippen molar-refractivity contribution in [2.45, 2.75) is 40.3 Å². The van der Waals surface area contributed by atoms with Gasteiger partial charge in [0.25, 0.3) is 5.91 Å². The van der Waals surface area contributed by atoms with Gasteiger partial charge in [0, 0.05) is 25.2 Å². The number of carbonyl (C=O) groups excluding carboxylic acids is 1. The Balaban J connectivity index is 2.01. The van der Waals surface area contributed by atoms with Crippen molar-refractivity contribution in [3.8, 4) is 0 Å². The van der Waals surface area contributed by atoms with Gasteiger partial charge in [0.2, 0.25) is 0 Å². The summed E-state index contributed by atoms with van der Waals surface area (Å²) in [5.41, 5.74) is 3.48. The first-order chi connectivity index (χ1) is 8.52. The van der Waals surface area contributed by atoms with E-state index in [9.17, 15) is 4.79 Å². The third kappa shape index (κ3) is 2.91. The predicted octanol–water partition coefficient (Wildman–Crippen LogP) is 2.46. The third-order valence-electron chi connectivity index (χ3n) is 3.78. The smallest absolute Gasteiger partial charge is 0.251 e. The maximum absolute atomic E-state index is 12.1. The number of amides is 1. The van der Waals surface area contributed by atoms with Crippen LogP contribution in [0.4, 0.5) is 0 Å². The van der Waals surface area contributed by atoms with E-state index in [1.165, 1.54) is 11.1 Å². The van der Waals surface area contributed by atoms with Crippen molar-refractivity contribution in [3.05, 3.63) is 34.9 Å². The topological polar surface area (TPSA) is 41.1 Å². The monoisotopic (exact) mass is 246 g/mol. The molecule has 0 atom stereocenters. The molecule has 1 aliphatic rings. The van der Waals surface area contributed by atoms with Crippen LogP contribution in [0.3, 0.4) is 0 Å². The molecule has 3 heteroatoms. The second-order valence-electron chi connectivity index (χ2n) is 5.79. The standard InChI is InChI=1S/C15H22N2O/c1-4-15(2,3)10-17-14(18)11-5-6-12-8-16-9-13(12)7-11/h5-7,16H,4,8-10H2,1-3H3,(H,17,18). The van der Waals surface area contributed by atoms with Gasteiger partial charge in [-0.25, -0.2) is 0 Å². The van der Waals surface area contributed by atoms with Crippen molar-refractivity contribution in [2.75, 3.05) is 6.54 Å². The minimum Gasteiger partial charge on any atom is -0.352 e. The van der Waals surface area contributed by atoms with Gasteiger partial charge in [0.1, 0.15) is 0 Å². The van der Waals surface area contributed by atoms with Crippen molar-refractivity contribution in [1.29, 1.82) is 0 Å². The lowest BCUT2D eigenvalue weighted by Gasteiger charge is -2.22. The van der Waals surface area contributed by atoms with Crippen LogP contribution in [0.25, 0.3) is 0 Å². The molecule has 3 nitrogen and oxygen atoms in total. The summed E-state index contributed by atoms with van der Waals surface area (Å²) in [6, 6.07) is 5.97. The minimum atomic E-state index is 0.0335. The Labute approximate surface area is 109 Å². The van der Waals surface area contributed by atoms with E-state index >= 15 is 0 Å². The molecule has 0 aliphatic carbocycles. The number of rotatable bonds is 4. The van der Waals surface area contributed by atoms with Crippen molar-refractivity contribution < 1.29 is 4.79 Å². The van der Waals surface area contributed by atoms with E-state index in [1.54, 1.807) is 0 Å². The molecule has 1 amide bonds. The van der Waals surface area contributed by atoms with Gasteiger partial charge in [-0.1, -0.05) is 26.8 Å². The Bertz CT molecular complexity index is 452. The first-order valence-corrected chi connectivity index (χ1v) is 6.62. The van der Waals surface area contributed by atoms with Gasteiger partial charge in [0.05, 0.1) is 0 Å². The summed E-state index contributed by atoms with van der Waals surface area (Å²) >= 11 is 0. The van der Waals surface area contributed by atoms with Crippen LogP contribution in [0.2, 0.25) is 0 Å². The van der Waals surface area contributed by atoms with Crippen LogP contribution in [0, 0.1) is 5.41 Å². The number of benzene rings is 1. The van der Waals surface area contributed by atoms with Crippen molar-refractivity contribution in [2.24, 2.45) is 5.41 Å². The van der Waals surface area contributed by atoms with Crippen LogP contribution in [-0.4, -0.2) is 12.5 Å². The average molecular weight is 246 g/mol. The van der Waals surface area contributed by atoms with Crippen molar-refractivity contribution >= 4 is 5.91 Å². The summed E-state index contributed by atoms with van der Waals surface area (Å²) in [4.78, 5) is 12.1. The fourth-order valence-corrected chi connectivity index (χ4v) is 1.98. The molecular weight excluding hydrogens is 224 g/mol. The summed E-state index contributed by atoms with van der Waals surface area (Å²) in [5.74, 6) is 0.0335. The van der Waals surface area contributed by atoms with Crippen LogP contribution in [-0.2, 0) is 13.1 Å². The van der Waals surface area contributed by atoms with Crippen LogP contribution < -0.4 is 10.6 Å². The van der Waals surface area contributed by atoms with Crippen molar-refractivity contribution in [3.63, 3.8) is 0 Å². The molecule has 1 aliphatic heterocycles. The van der Waals surface area contributed by atoms with Crippen LogP contribution in [0.5, 0.6) is 0 Å². The van der Waals surface area contributed by atoms with E-state index in [0.717, 1.165) is 31.6 Å². The number of nitrogens with one attached hydrogen (secondary N) is 2. The Morgan fingerprint density at radius 1 is 1.33 bits per heavy atom. The van der Waals surface area contributed by atoms with Crippen molar-refractivity contribution in [1.82, 2.24) is 10.6 Å². The van der Waals surface area contributed by atoms with E-state index in [0.29, 0.717) is 0 Å². The number of carbonyl (C=O) groups is 1. The highest BCUT2D eigenvalue weighted by Gasteiger charge is 2.18. The Kier molecular flexibility index (Phi) is 3.71. The lowest BCUT2D eigenvalue weighted by molar-refractivity contribution is 0.0935. The molecule has 0 saturated carbocycles. The quantitative estimate of drug-likeness (QED) is 0.857. The first kappa shape index (κ1) is 13.1. The molecule has 1 aromatic carbocycles. The van der Waals surface area contributed by atoms with Crippen LogP contribution >= 0.6 is 0 Å². The van der Waals surface area contributed by atoms with Gasteiger partial charge in [-0.2, -0.15) is 0 Å². The molecule has 18 heavy (non-hydrogen) atoms. The molecule has 1 aromatic rings. The molecule has 0 bridgehead atoms. The van der Waals surface area contributed by atoms with E-state index in [2.05, 4.69) is 37.5 Å². The number of hydrogen-bond donors (Lipinski definition) is 2. The molecule has 0 spiro atoms. The van der Waals surface area contributed by atoms with Gasteiger partial charge < -0.3 is 10.6 Å². The SMILES string of the molecule is CCC(C)(C)CNC(=O)c1ccc2c(c1)CNC2. The molecule has 0 aromatic heterocycles. The highest BCUT2D eigenvalue weighted by molar-refractivity contribution is 5.94. The zero-order valence-electron chi connectivity index (χ0n) is 11.5. The highest BCUT2D eigenvalue weighted by atomic mass is 16.1. The van der Waals surface area contributed by atoms with E-state index in [4.69, 9.17) is 0 Å². The second-order valence-corrected chi connectivity index (χ2v) is 5.79. The number of hydrogen-bond acceptors (Lipinski definition) is 2. The zero-order valence-corrected chi connectivity index (χ0v) is 11.5. The fraction of sp³-hybridized carbons (Fsp3) is 0.533. The van der Waals surface area contributed by atoms with E-state index in [1.807, 2.05) is 12.1 Å². The minimum absolute atomic E-state index is 0.0335. The molecule has 2 N–H and O–H groups in total. The van der Waals surface area contributed by atoms with Crippen LogP contribution in [0.1, 0.15) is 48.7 Å². The predicted molar refractivity (Wildman–Crippen MR) is 73.4 cm³/mol. The molecule has 0 saturated heterocycles. The average Bonchev–Trinajstić information content (AvgIpc) is 2.83. The summed E-state index contributed by atoms with van der Waals surface area (Å²) < 4.78 is 0. The molecule has 0 radical (unpaired) electrons. The Morgan fingerprint density at radius 3 is 2.78 bits per heavy atom. The van der Waals surface area contributed by atoms with Gasteiger partial charge in [-0.05, 0) is 35.1 Å². The first-order valence-electron chi connectivity index (χ1n) is 6.62. The largest absolute Gasteiger partial charge is 0.352 e. The molecule has 1 heterocycles. The number of fused-ring (bicyclic) bond motifs is 1. The molecule has 0 unspecified atom stereocenters.